The molecule has 2 aromatic carbocycles. The maximum atomic E-state index is 12.6. The van der Waals surface area contributed by atoms with Gasteiger partial charge in [0, 0.05) is 24.3 Å². The Morgan fingerprint density at radius 3 is 2.43 bits per heavy atom. The molecule has 30 heavy (non-hydrogen) atoms. The fourth-order valence-corrected chi connectivity index (χ4v) is 5.16. The first-order valence-electron chi connectivity index (χ1n) is 9.44. The summed E-state index contributed by atoms with van der Waals surface area (Å²) in [6, 6.07) is 15.6. The summed E-state index contributed by atoms with van der Waals surface area (Å²) in [5, 5.41) is 11.0. The lowest BCUT2D eigenvalue weighted by molar-refractivity contribution is -0.113. The highest BCUT2D eigenvalue weighted by Gasteiger charge is 2.27. The molecule has 1 fully saturated rings. The van der Waals surface area contributed by atoms with E-state index in [2.05, 4.69) is 15.5 Å². The first-order chi connectivity index (χ1) is 14.5. The molecule has 1 aliphatic rings. The molecule has 156 valence electrons. The van der Waals surface area contributed by atoms with E-state index in [1.807, 2.05) is 18.2 Å². The number of nitrogens with one attached hydrogen (secondary N) is 1. The molecular formula is C20H20N4O4S2. The van der Waals surface area contributed by atoms with E-state index in [1.54, 1.807) is 36.4 Å². The normalized spacial score (nSPS) is 14.7. The number of anilines is 1. The van der Waals surface area contributed by atoms with Crippen LogP contribution in [0.1, 0.15) is 12.8 Å². The zero-order valence-electron chi connectivity index (χ0n) is 16.0. The van der Waals surface area contributed by atoms with Gasteiger partial charge >= 0.3 is 0 Å². The summed E-state index contributed by atoms with van der Waals surface area (Å²) in [6.45, 7) is 1.12. The number of nitrogens with zero attached hydrogens (tertiary/aromatic N) is 3. The van der Waals surface area contributed by atoms with E-state index < -0.39 is 10.0 Å². The van der Waals surface area contributed by atoms with Gasteiger partial charge in [-0.15, -0.1) is 10.2 Å². The third-order valence-corrected chi connectivity index (χ3v) is 7.33. The van der Waals surface area contributed by atoms with Crippen LogP contribution in [0.3, 0.4) is 0 Å². The Bertz CT molecular complexity index is 1110. The molecule has 1 aliphatic heterocycles. The molecule has 0 bridgehead atoms. The van der Waals surface area contributed by atoms with Gasteiger partial charge in [-0.2, -0.15) is 4.31 Å². The van der Waals surface area contributed by atoms with Crippen LogP contribution in [0.2, 0.25) is 0 Å². The van der Waals surface area contributed by atoms with Gasteiger partial charge in [-0.3, -0.25) is 4.79 Å². The fourth-order valence-electron chi connectivity index (χ4n) is 3.08. The predicted octanol–water partition coefficient (Wildman–Crippen LogP) is 3.25. The second-order valence-electron chi connectivity index (χ2n) is 6.71. The predicted molar refractivity (Wildman–Crippen MR) is 114 cm³/mol. The fraction of sp³-hybridized carbons (Fsp3) is 0.250. The molecule has 0 spiro atoms. The molecule has 1 amide bonds. The lowest BCUT2D eigenvalue weighted by Crippen LogP contribution is -2.27. The zero-order chi connectivity index (χ0) is 21.0. The topological polar surface area (TPSA) is 105 Å². The minimum atomic E-state index is -3.46. The Kier molecular flexibility index (Phi) is 6.16. The maximum Gasteiger partial charge on any atom is 0.277 e. The Hall–Kier alpha value is -2.69. The monoisotopic (exact) mass is 444 g/mol. The van der Waals surface area contributed by atoms with E-state index in [1.165, 1.54) is 4.31 Å². The number of hydrogen-bond donors (Lipinski definition) is 1. The second-order valence-corrected chi connectivity index (χ2v) is 9.58. The average Bonchev–Trinajstić information content (AvgIpc) is 3.46. The number of carbonyl (C=O) groups excluding carboxylic acids is 1. The van der Waals surface area contributed by atoms with Crippen molar-refractivity contribution in [3.63, 3.8) is 0 Å². The molecule has 2 heterocycles. The number of para-hydroxylation sites is 1. The summed E-state index contributed by atoms with van der Waals surface area (Å²) in [5.74, 6) is 0.220. The van der Waals surface area contributed by atoms with Gasteiger partial charge in [-0.25, -0.2) is 8.42 Å². The Balaban J connectivity index is 1.37. The standard InChI is InChI=1S/C20H20N4O4S2/c25-18(21-16-6-2-1-3-7-16)14-29-20-23-22-19(28-20)15-8-10-17(11-9-15)30(26,27)24-12-4-5-13-24/h1-3,6-11H,4-5,12-14H2,(H,21,25). The Morgan fingerprint density at radius 1 is 1.03 bits per heavy atom. The van der Waals surface area contributed by atoms with Gasteiger partial charge in [-0.05, 0) is 49.2 Å². The minimum absolute atomic E-state index is 0.129. The molecule has 0 atom stereocenters. The molecule has 8 nitrogen and oxygen atoms in total. The number of hydrogen-bond acceptors (Lipinski definition) is 7. The van der Waals surface area contributed by atoms with Crippen LogP contribution in [0, 0.1) is 0 Å². The van der Waals surface area contributed by atoms with E-state index in [0.717, 1.165) is 30.3 Å². The molecule has 3 aromatic rings. The van der Waals surface area contributed by atoms with Crippen molar-refractivity contribution in [2.45, 2.75) is 23.0 Å². The summed E-state index contributed by atoms with van der Waals surface area (Å²) in [6.07, 6.45) is 1.78. The van der Waals surface area contributed by atoms with Crippen molar-refractivity contribution in [1.82, 2.24) is 14.5 Å². The molecule has 4 rings (SSSR count). The number of benzene rings is 2. The molecule has 0 saturated carbocycles. The van der Waals surface area contributed by atoms with Crippen molar-refractivity contribution in [2.24, 2.45) is 0 Å². The van der Waals surface area contributed by atoms with E-state index >= 15 is 0 Å². The van der Waals surface area contributed by atoms with Crippen molar-refractivity contribution >= 4 is 33.4 Å². The van der Waals surface area contributed by atoms with Crippen molar-refractivity contribution < 1.29 is 17.6 Å². The van der Waals surface area contributed by atoms with Crippen LogP contribution >= 0.6 is 11.8 Å². The highest BCUT2D eigenvalue weighted by molar-refractivity contribution is 7.99. The number of aromatic nitrogens is 2. The maximum absolute atomic E-state index is 12.6. The van der Waals surface area contributed by atoms with Crippen LogP contribution in [0.4, 0.5) is 5.69 Å². The SMILES string of the molecule is O=C(CSc1nnc(-c2ccc(S(=O)(=O)N3CCCC3)cc2)o1)Nc1ccccc1. The number of thioether (sulfide) groups is 1. The third kappa shape index (κ3) is 4.72. The largest absolute Gasteiger partial charge is 0.411 e. The lowest BCUT2D eigenvalue weighted by Gasteiger charge is -2.15. The van der Waals surface area contributed by atoms with Crippen LogP contribution in [-0.4, -0.2) is 47.7 Å². The van der Waals surface area contributed by atoms with E-state index in [4.69, 9.17) is 4.42 Å². The van der Waals surface area contributed by atoms with Gasteiger partial charge < -0.3 is 9.73 Å². The molecule has 1 N–H and O–H groups in total. The van der Waals surface area contributed by atoms with Crippen molar-refractivity contribution in [2.75, 3.05) is 24.2 Å². The van der Waals surface area contributed by atoms with Crippen molar-refractivity contribution in [1.29, 1.82) is 0 Å². The summed E-state index contributed by atoms with van der Waals surface area (Å²) < 4.78 is 32.3. The lowest BCUT2D eigenvalue weighted by atomic mass is 10.2. The van der Waals surface area contributed by atoms with Gasteiger partial charge in [0.2, 0.25) is 21.8 Å². The number of amides is 1. The van der Waals surface area contributed by atoms with Gasteiger partial charge in [0.25, 0.3) is 5.22 Å². The van der Waals surface area contributed by atoms with E-state index in [9.17, 15) is 13.2 Å². The first kappa shape index (κ1) is 20.6. The number of rotatable bonds is 7. The third-order valence-electron chi connectivity index (χ3n) is 4.59. The van der Waals surface area contributed by atoms with Gasteiger partial charge in [0.05, 0.1) is 10.6 Å². The summed E-state index contributed by atoms with van der Waals surface area (Å²) in [7, 11) is -3.46. The number of carbonyl (C=O) groups is 1. The molecule has 10 heteroatoms. The van der Waals surface area contributed by atoms with Gasteiger partial charge in [0.1, 0.15) is 0 Å². The van der Waals surface area contributed by atoms with Crippen molar-refractivity contribution in [3.8, 4) is 11.5 Å². The minimum Gasteiger partial charge on any atom is -0.411 e. The number of sulfonamides is 1. The van der Waals surface area contributed by atoms with Crippen LogP contribution < -0.4 is 5.32 Å². The van der Waals surface area contributed by atoms with Crippen molar-refractivity contribution in [3.05, 3.63) is 54.6 Å². The smallest absolute Gasteiger partial charge is 0.277 e. The van der Waals surface area contributed by atoms with E-state index in [-0.39, 0.29) is 27.7 Å². The molecule has 0 aliphatic carbocycles. The average molecular weight is 445 g/mol. The molecule has 0 radical (unpaired) electrons. The van der Waals surface area contributed by atoms with Crippen LogP contribution in [0.15, 0.2) is 69.1 Å². The van der Waals surface area contributed by atoms with Crippen LogP contribution in [-0.2, 0) is 14.8 Å². The first-order valence-corrected chi connectivity index (χ1v) is 11.9. The zero-order valence-corrected chi connectivity index (χ0v) is 17.7. The van der Waals surface area contributed by atoms with E-state index in [0.29, 0.717) is 18.7 Å². The summed E-state index contributed by atoms with van der Waals surface area (Å²) in [5.41, 5.74) is 1.33. The molecule has 1 aromatic heterocycles. The second kappa shape index (κ2) is 8.99. The Morgan fingerprint density at radius 2 is 1.73 bits per heavy atom. The molecule has 0 unspecified atom stereocenters. The highest BCUT2D eigenvalue weighted by atomic mass is 32.2. The van der Waals surface area contributed by atoms with Gasteiger partial charge in [0.15, 0.2) is 0 Å². The summed E-state index contributed by atoms with van der Waals surface area (Å²) >= 11 is 1.13. The summed E-state index contributed by atoms with van der Waals surface area (Å²) in [4.78, 5) is 12.3. The molecular weight excluding hydrogens is 424 g/mol. The highest BCUT2D eigenvalue weighted by Crippen LogP contribution is 2.26. The molecule has 1 saturated heterocycles. The van der Waals surface area contributed by atoms with Gasteiger partial charge in [-0.1, -0.05) is 30.0 Å². The van der Waals surface area contributed by atoms with Crippen LogP contribution in [0.25, 0.3) is 11.5 Å². The quantitative estimate of drug-likeness (QED) is 0.558. The Labute approximate surface area is 178 Å². The van der Waals surface area contributed by atoms with Crippen LogP contribution in [0.5, 0.6) is 0 Å².